The topological polar surface area (TPSA) is 20.3 Å². The van der Waals surface area contributed by atoms with Crippen molar-refractivity contribution in [3.8, 4) is 0 Å². The van der Waals surface area contributed by atoms with E-state index in [1.165, 1.54) is 7.05 Å². The molecule has 0 aliphatic carbocycles. The van der Waals surface area contributed by atoms with E-state index in [4.69, 9.17) is 0 Å². The van der Waals surface area contributed by atoms with Crippen molar-refractivity contribution in [3.63, 3.8) is 0 Å². The van der Waals surface area contributed by atoms with Crippen molar-refractivity contribution in [1.82, 2.24) is 4.90 Å². The van der Waals surface area contributed by atoms with Gasteiger partial charge in [-0.1, -0.05) is 34.1 Å². The monoisotopic (exact) mass is 323 g/mol. The number of hydrogen-bond acceptors (Lipinski definition) is 2. The second-order valence-corrected chi connectivity index (χ2v) is 4.86. The summed E-state index contributed by atoms with van der Waals surface area (Å²) < 4.78 is 36.9. The van der Waals surface area contributed by atoms with E-state index in [2.05, 4.69) is 15.9 Å². The minimum Gasteiger partial charge on any atom is -0.298 e. The average Bonchev–Trinajstić information content (AvgIpc) is 2.24. The lowest BCUT2D eigenvalue weighted by molar-refractivity contribution is -0.142. The number of halogens is 4. The summed E-state index contributed by atoms with van der Waals surface area (Å²) in [5.41, 5.74) is 0.498. The summed E-state index contributed by atoms with van der Waals surface area (Å²) in [6.07, 6.45) is -4.17. The number of hydrogen-bond donors (Lipinski definition) is 0. The first kappa shape index (κ1) is 15.2. The van der Waals surface area contributed by atoms with Gasteiger partial charge >= 0.3 is 6.18 Å². The van der Waals surface area contributed by atoms with Crippen LogP contribution in [0, 0.1) is 0 Å². The van der Waals surface area contributed by atoms with Crippen LogP contribution in [0.4, 0.5) is 13.2 Å². The van der Waals surface area contributed by atoms with Crippen LogP contribution in [0.3, 0.4) is 0 Å². The molecule has 6 heteroatoms. The predicted molar refractivity (Wildman–Crippen MR) is 66.6 cm³/mol. The molecular weight excluding hydrogens is 311 g/mol. The molecule has 1 rings (SSSR count). The third kappa shape index (κ3) is 5.18. The molecule has 0 unspecified atom stereocenters. The van der Waals surface area contributed by atoms with Crippen molar-refractivity contribution in [1.29, 1.82) is 0 Å². The first-order valence-corrected chi connectivity index (χ1v) is 6.12. The summed E-state index contributed by atoms with van der Waals surface area (Å²) in [7, 11) is 1.35. The first-order chi connectivity index (χ1) is 8.29. The van der Waals surface area contributed by atoms with Crippen LogP contribution < -0.4 is 0 Å². The molecule has 0 fully saturated rings. The smallest absolute Gasteiger partial charge is 0.298 e. The van der Waals surface area contributed by atoms with Gasteiger partial charge in [0.05, 0.1) is 6.54 Å². The van der Waals surface area contributed by atoms with Crippen molar-refractivity contribution >= 4 is 21.7 Å². The van der Waals surface area contributed by atoms with Gasteiger partial charge in [-0.05, 0) is 13.1 Å². The quantitative estimate of drug-likeness (QED) is 0.773. The largest absolute Gasteiger partial charge is 0.401 e. The van der Waals surface area contributed by atoms with E-state index in [0.29, 0.717) is 10.0 Å². The maximum Gasteiger partial charge on any atom is 0.401 e. The van der Waals surface area contributed by atoms with Crippen LogP contribution in [-0.4, -0.2) is 37.0 Å². The van der Waals surface area contributed by atoms with Crippen molar-refractivity contribution in [2.45, 2.75) is 12.6 Å². The number of rotatable bonds is 5. The molecule has 0 atom stereocenters. The molecule has 18 heavy (non-hydrogen) atoms. The van der Waals surface area contributed by atoms with Gasteiger partial charge in [0, 0.05) is 23.0 Å². The van der Waals surface area contributed by atoms with Crippen LogP contribution in [0.5, 0.6) is 0 Å². The van der Waals surface area contributed by atoms with Crippen molar-refractivity contribution in [3.05, 3.63) is 34.3 Å². The maximum absolute atomic E-state index is 12.1. The molecule has 0 heterocycles. The van der Waals surface area contributed by atoms with Crippen LogP contribution in [0.1, 0.15) is 16.8 Å². The van der Waals surface area contributed by atoms with Gasteiger partial charge in [0.2, 0.25) is 0 Å². The molecular formula is C12H13BrF3NO. The number of alkyl halides is 3. The molecule has 0 radical (unpaired) electrons. The summed E-state index contributed by atoms with van der Waals surface area (Å²) in [5, 5.41) is 0. The third-order valence-corrected chi connectivity index (χ3v) is 3.04. The van der Waals surface area contributed by atoms with Gasteiger partial charge in [0.1, 0.15) is 0 Å². The standard InChI is InChI=1S/C12H13BrF3NO/c1-17(8-12(14,15)16)7-6-11(18)9-4-2-3-5-10(9)13/h2-5H,6-8H2,1H3. The number of benzene rings is 1. The Kier molecular flexibility index (Phi) is 5.34. The lowest BCUT2D eigenvalue weighted by atomic mass is 10.1. The minimum atomic E-state index is -4.23. The highest BCUT2D eigenvalue weighted by molar-refractivity contribution is 9.10. The highest BCUT2D eigenvalue weighted by atomic mass is 79.9. The van der Waals surface area contributed by atoms with Gasteiger partial charge in [-0.2, -0.15) is 13.2 Å². The number of carbonyl (C=O) groups excluding carboxylic acids is 1. The molecule has 0 aromatic heterocycles. The molecule has 1 aromatic rings. The highest BCUT2D eigenvalue weighted by Crippen LogP contribution is 2.19. The fraction of sp³-hybridized carbons (Fsp3) is 0.417. The molecule has 0 saturated heterocycles. The molecule has 2 nitrogen and oxygen atoms in total. The Morgan fingerprint density at radius 3 is 2.50 bits per heavy atom. The molecule has 0 aliphatic heterocycles. The zero-order chi connectivity index (χ0) is 13.8. The molecule has 0 N–H and O–H groups in total. The summed E-state index contributed by atoms with van der Waals surface area (Å²) in [4.78, 5) is 12.9. The molecule has 1 aromatic carbocycles. The van der Waals surface area contributed by atoms with Crippen LogP contribution in [0.15, 0.2) is 28.7 Å². The van der Waals surface area contributed by atoms with E-state index in [9.17, 15) is 18.0 Å². The summed E-state index contributed by atoms with van der Waals surface area (Å²) in [6, 6.07) is 6.87. The van der Waals surface area contributed by atoms with E-state index in [1.54, 1.807) is 24.3 Å². The van der Waals surface area contributed by atoms with E-state index < -0.39 is 12.7 Å². The van der Waals surface area contributed by atoms with Gasteiger partial charge in [-0.25, -0.2) is 0 Å². The Bertz CT molecular complexity index is 420. The summed E-state index contributed by atoms with van der Waals surface area (Å²) in [6.45, 7) is -0.921. The van der Waals surface area contributed by atoms with Gasteiger partial charge in [0.25, 0.3) is 0 Å². The Morgan fingerprint density at radius 1 is 1.33 bits per heavy atom. The van der Waals surface area contributed by atoms with Gasteiger partial charge in [0.15, 0.2) is 5.78 Å². The second-order valence-electron chi connectivity index (χ2n) is 4.01. The maximum atomic E-state index is 12.1. The van der Waals surface area contributed by atoms with Crippen LogP contribution in [0.25, 0.3) is 0 Å². The molecule has 100 valence electrons. The Morgan fingerprint density at radius 2 is 1.94 bits per heavy atom. The van der Waals surface area contributed by atoms with E-state index in [1.807, 2.05) is 0 Å². The number of Topliss-reactive ketones (excluding diaryl/α,β-unsaturated/α-hetero) is 1. The number of ketones is 1. The SMILES string of the molecule is CN(CCC(=O)c1ccccc1Br)CC(F)(F)F. The Balaban J connectivity index is 2.50. The summed E-state index contributed by atoms with van der Waals surface area (Å²) >= 11 is 3.24. The van der Waals surface area contributed by atoms with Crippen molar-refractivity contribution < 1.29 is 18.0 Å². The zero-order valence-corrected chi connectivity index (χ0v) is 11.4. The fourth-order valence-corrected chi connectivity index (χ4v) is 2.01. The Labute approximate surface area is 112 Å². The predicted octanol–water partition coefficient (Wildman–Crippen LogP) is 3.52. The van der Waals surface area contributed by atoms with E-state index >= 15 is 0 Å². The van der Waals surface area contributed by atoms with Gasteiger partial charge in [-0.15, -0.1) is 0 Å². The average molecular weight is 324 g/mol. The summed E-state index contributed by atoms with van der Waals surface area (Å²) in [5.74, 6) is -0.170. The molecule has 0 spiro atoms. The van der Waals surface area contributed by atoms with Gasteiger partial charge in [-0.3, -0.25) is 9.69 Å². The van der Waals surface area contributed by atoms with Crippen LogP contribution in [0.2, 0.25) is 0 Å². The van der Waals surface area contributed by atoms with Crippen molar-refractivity contribution in [2.24, 2.45) is 0 Å². The van der Waals surface area contributed by atoms with E-state index in [-0.39, 0.29) is 18.7 Å². The van der Waals surface area contributed by atoms with E-state index in [0.717, 1.165) is 4.90 Å². The zero-order valence-electron chi connectivity index (χ0n) is 9.80. The van der Waals surface area contributed by atoms with Crippen molar-refractivity contribution in [2.75, 3.05) is 20.1 Å². The number of nitrogens with zero attached hydrogens (tertiary/aromatic N) is 1. The second kappa shape index (κ2) is 6.33. The Hall–Kier alpha value is -0.880. The fourth-order valence-electron chi connectivity index (χ4n) is 1.50. The molecule has 0 saturated carbocycles. The van der Waals surface area contributed by atoms with Crippen LogP contribution >= 0.6 is 15.9 Å². The minimum absolute atomic E-state index is 0.0647. The lowest BCUT2D eigenvalue weighted by Crippen LogP contribution is -2.32. The highest BCUT2D eigenvalue weighted by Gasteiger charge is 2.29. The van der Waals surface area contributed by atoms with Crippen LogP contribution in [-0.2, 0) is 0 Å². The normalized spacial score (nSPS) is 11.9. The molecule has 0 aliphatic rings. The first-order valence-electron chi connectivity index (χ1n) is 5.32. The molecule has 0 amide bonds. The third-order valence-electron chi connectivity index (χ3n) is 2.34. The molecule has 0 bridgehead atoms. The number of carbonyl (C=O) groups is 1. The van der Waals surface area contributed by atoms with Gasteiger partial charge < -0.3 is 0 Å². The lowest BCUT2D eigenvalue weighted by Gasteiger charge is -2.17.